The molecular weight excluding hydrogens is 199 g/mol. The molecule has 1 N–H and O–H groups in total. The Bertz CT molecular complexity index is 234. The molecule has 0 saturated heterocycles. The van der Waals surface area contributed by atoms with Crippen molar-refractivity contribution in [3.05, 3.63) is 0 Å². The molecule has 1 unspecified atom stereocenters. The van der Waals surface area contributed by atoms with Gasteiger partial charge in [0.05, 0.1) is 5.97 Å². The topological polar surface area (TPSA) is 104 Å². The second-order valence-electron chi connectivity index (χ2n) is 1.74. The van der Waals surface area contributed by atoms with Crippen LogP contribution in [0.3, 0.4) is 0 Å². The minimum Gasteiger partial charge on any atom is -0.547 e. The number of carboxylic acid groups (broad SMARTS) is 1. The van der Waals surface area contributed by atoms with Crippen molar-refractivity contribution < 1.29 is 56.6 Å². The molecule has 0 aromatic carbocycles. The molecule has 6 nitrogen and oxygen atoms in total. The largest absolute Gasteiger partial charge is 1.00 e. The van der Waals surface area contributed by atoms with Crippen molar-refractivity contribution in [1.82, 2.24) is 0 Å². The Kier molecular flexibility index (Phi) is 7.29. The van der Waals surface area contributed by atoms with Crippen LogP contribution in [0.15, 0.2) is 0 Å². The van der Waals surface area contributed by atoms with Crippen LogP contribution in [0.1, 0.15) is 13.3 Å². The Morgan fingerprint density at radius 1 is 1.67 bits per heavy atom. The monoisotopic (exact) mass is 206 g/mol. The number of rotatable bonds is 4. The van der Waals surface area contributed by atoms with Crippen LogP contribution in [0.2, 0.25) is 0 Å². The van der Waals surface area contributed by atoms with E-state index < -0.39 is 22.5 Å². The number of carbonyl (C=O) groups is 1. The van der Waals surface area contributed by atoms with E-state index in [2.05, 4.69) is 4.18 Å². The molecule has 0 saturated carbocycles. The van der Waals surface area contributed by atoms with Gasteiger partial charge < -0.3 is 9.90 Å². The van der Waals surface area contributed by atoms with Crippen LogP contribution < -0.4 is 34.7 Å². The van der Waals surface area contributed by atoms with Gasteiger partial charge in [0.2, 0.25) is 0 Å². The first kappa shape index (κ1) is 14.8. The van der Waals surface area contributed by atoms with Gasteiger partial charge in [0.15, 0.2) is 0 Å². The number of aliphatic carboxylic acids is 1. The van der Waals surface area contributed by atoms with E-state index in [0.29, 0.717) is 0 Å². The van der Waals surface area contributed by atoms with Crippen molar-refractivity contribution in [3.63, 3.8) is 0 Å². The van der Waals surface area contributed by atoms with E-state index in [4.69, 9.17) is 4.55 Å². The fourth-order valence-corrected chi connectivity index (χ4v) is 0.929. The first-order valence-electron chi connectivity index (χ1n) is 2.73. The van der Waals surface area contributed by atoms with Gasteiger partial charge in [0.25, 0.3) is 0 Å². The quantitative estimate of drug-likeness (QED) is 0.366. The molecule has 0 amide bonds. The molecule has 0 rings (SSSR count). The second kappa shape index (κ2) is 5.90. The standard InChI is InChI=1S/C4H8O6S.Na/c1-2-3(4(5)6)10-11(7,8)9;/h3H,2H2,1H3,(H,5,6)(H,7,8,9);/q;+1/p-1. The Morgan fingerprint density at radius 2 is 2.08 bits per heavy atom. The molecule has 0 aromatic rings. The van der Waals surface area contributed by atoms with E-state index in [1.54, 1.807) is 0 Å². The van der Waals surface area contributed by atoms with Crippen molar-refractivity contribution in [1.29, 1.82) is 0 Å². The minimum absolute atomic E-state index is 0. The van der Waals surface area contributed by atoms with E-state index in [1.807, 2.05) is 0 Å². The van der Waals surface area contributed by atoms with Crippen molar-refractivity contribution in [3.8, 4) is 0 Å². The van der Waals surface area contributed by atoms with E-state index in [0.717, 1.165) is 0 Å². The first-order chi connectivity index (χ1) is 4.87. The van der Waals surface area contributed by atoms with E-state index in [-0.39, 0.29) is 36.0 Å². The minimum atomic E-state index is -4.70. The summed E-state index contributed by atoms with van der Waals surface area (Å²) in [6.07, 6.45) is -1.72. The Labute approximate surface area is 92.2 Å². The van der Waals surface area contributed by atoms with Crippen LogP contribution in [0, 0.1) is 0 Å². The maximum Gasteiger partial charge on any atom is 1.00 e. The number of hydrogen-bond acceptors (Lipinski definition) is 5. The Morgan fingerprint density at radius 3 is 2.17 bits per heavy atom. The Balaban J connectivity index is 0. The average Bonchev–Trinajstić information content (AvgIpc) is 1.80. The zero-order chi connectivity index (χ0) is 9.07. The zero-order valence-electron chi connectivity index (χ0n) is 6.68. The summed E-state index contributed by atoms with van der Waals surface area (Å²) in [5.41, 5.74) is 0. The molecule has 0 radical (unpaired) electrons. The maximum atomic E-state index is 10.00. The number of hydrogen-bond donors (Lipinski definition) is 1. The van der Waals surface area contributed by atoms with E-state index in [9.17, 15) is 18.3 Å². The predicted octanol–water partition coefficient (Wildman–Crippen LogP) is -4.66. The molecule has 0 spiro atoms. The van der Waals surface area contributed by atoms with Crippen LogP contribution >= 0.6 is 0 Å². The van der Waals surface area contributed by atoms with Gasteiger partial charge in [-0.05, 0) is 6.42 Å². The molecule has 8 heteroatoms. The summed E-state index contributed by atoms with van der Waals surface area (Å²) in [5.74, 6) is -1.68. The van der Waals surface area contributed by atoms with E-state index >= 15 is 0 Å². The summed E-state index contributed by atoms with van der Waals surface area (Å²) in [5, 5.41) is 10.00. The number of carboxylic acids is 1. The molecule has 0 bridgehead atoms. The Hall–Kier alpha value is 0.340. The van der Waals surface area contributed by atoms with Crippen LogP contribution in [-0.2, 0) is 19.4 Å². The van der Waals surface area contributed by atoms with Gasteiger partial charge in [-0.25, -0.2) is 4.18 Å². The second-order valence-corrected chi connectivity index (χ2v) is 2.79. The van der Waals surface area contributed by atoms with Gasteiger partial charge in [-0.1, -0.05) is 6.92 Å². The number of carbonyl (C=O) groups excluding carboxylic acids is 1. The summed E-state index contributed by atoms with van der Waals surface area (Å²) >= 11 is 0. The van der Waals surface area contributed by atoms with Gasteiger partial charge in [0, 0.05) is 0 Å². The van der Waals surface area contributed by atoms with Crippen molar-refractivity contribution >= 4 is 16.4 Å². The van der Waals surface area contributed by atoms with Gasteiger partial charge >= 0.3 is 40.0 Å². The summed E-state index contributed by atoms with van der Waals surface area (Å²) < 4.78 is 31.6. The smallest absolute Gasteiger partial charge is 0.547 e. The summed E-state index contributed by atoms with van der Waals surface area (Å²) in [4.78, 5) is 10.00. The van der Waals surface area contributed by atoms with Crippen LogP contribution in [-0.4, -0.2) is 25.0 Å². The maximum absolute atomic E-state index is 10.00. The molecular formula is C4H7NaO6S. The third-order valence-corrected chi connectivity index (χ3v) is 1.35. The third-order valence-electron chi connectivity index (χ3n) is 0.871. The van der Waals surface area contributed by atoms with E-state index in [1.165, 1.54) is 6.92 Å². The van der Waals surface area contributed by atoms with Crippen molar-refractivity contribution in [2.45, 2.75) is 19.4 Å². The molecule has 0 aliphatic rings. The molecule has 0 heterocycles. The molecule has 0 aromatic heterocycles. The van der Waals surface area contributed by atoms with Gasteiger partial charge in [-0.15, -0.1) is 0 Å². The van der Waals surface area contributed by atoms with Gasteiger partial charge in [-0.3, -0.25) is 4.55 Å². The fraction of sp³-hybridized carbons (Fsp3) is 0.750. The molecule has 0 aliphatic heterocycles. The summed E-state index contributed by atoms with van der Waals surface area (Å²) in [6, 6.07) is 0. The fourth-order valence-electron chi connectivity index (χ4n) is 0.421. The summed E-state index contributed by atoms with van der Waals surface area (Å²) in [7, 11) is -4.70. The van der Waals surface area contributed by atoms with Crippen molar-refractivity contribution in [2.75, 3.05) is 0 Å². The van der Waals surface area contributed by atoms with Crippen LogP contribution in [0.25, 0.3) is 0 Å². The van der Waals surface area contributed by atoms with Crippen LogP contribution in [0.4, 0.5) is 0 Å². The molecule has 1 atom stereocenters. The molecule has 0 fully saturated rings. The molecule has 0 aliphatic carbocycles. The zero-order valence-corrected chi connectivity index (χ0v) is 9.50. The molecule has 66 valence electrons. The van der Waals surface area contributed by atoms with Crippen LogP contribution in [0.5, 0.6) is 0 Å². The summed E-state index contributed by atoms with van der Waals surface area (Å²) in [6.45, 7) is 1.38. The first-order valence-corrected chi connectivity index (χ1v) is 4.10. The van der Waals surface area contributed by atoms with Gasteiger partial charge in [0.1, 0.15) is 6.10 Å². The SMILES string of the molecule is CCC(OS(=O)(=O)O)C(=O)[O-].[Na+]. The third kappa shape index (κ3) is 7.01. The molecule has 12 heavy (non-hydrogen) atoms. The normalized spacial score (nSPS) is 13.2. The van der Waals surface area contributed by atoms with Crippen molar-refractivity contribution in [2.24, 2.45) is 0 Å². The van der Waals surface area contributed by atoms with Gasteiger partial charge in [-0.2, -0.15) is 8.42 Å². The average molecular weight is 206 g/mol. The predicted molar refractivity (Wildman–Crippen MR) is 31.7 cm³/mol.